The molecule has 0 saturated heterocycles. The molecule has 7 heteroatoms. The van der Waals surface area contributed by atoms with Gasteiger partial charge in [0.05, 0.1) is 17.9 Å². The van der Waals surface area contributed by atoms with Crippen molar-refractivity contribution in [3.63, 3.8) is 0 Å². The van der Waals surface area contributed by atoms with Crippen LogP contribution in [0.3, 0.4) is 0 Å². The van der Waals surface area contributed by atoms with E-state index in [1.807, 2.05) is 6.33 Å². The van der Waals surface area contributed by atoms with Crippen LogP contribution in [0.5, 0.6) is 0 Å². The van der Waals surface area contributed by atoms with Gasteiger partial charge in [0.1, 0.15) is 0 Å². The molecular weight excluding hydrogens is 361 g/mol. The summed E-state index contributed by atoms with van der Waals surface area (Å²) in [6, 6.07) is 6.45. The lowest BCUT2D eigenvalue weighted by Crippen LogP contribution is -2.20. The Morgan fingerprint density at radius 2 is 2.12 bits per heavy atom. The molecule has 0 saturated carbocycles. The zero-order chi connectivity index (χ0) is 16.4. The Kier molecular flexibility index (Phi) is 7.93. The average Bonchev–Trinajstić information content (AvgIpc) is 2.94. The average molecular weight is 386 g/mol. The fourth-order valence-electron chi connectivity index (χ4n) is 3.37. The Balaban J connectivity index is 0.00000156. The second-order valence-electron chi connectivity index (χ2n) is 6.31. The highest BCUT2D eigenvalue weighted by Gasteiger charge is 2.24. The van der Waals surface area contributed by atoms with Crippen molar-refractivity contribution in [1.82, 2.24) is 9.55 Å². The lowest BCUT2D eigenvalue weighted by atomic mass is 9.94. The molecule has 0 radical (unpaired) electrons. The Bertz CT molecular complexity index is 731. The van der Waals surface area contributed by atoms with Gasteiger partial charge in [-0.3, -0.25) is 4.79 Å². The van der Waals surface area contributed by atoms with E-state index in [0.29, 0.717) is 19.4 Å². The molecule has 1 aliphatic rings. The molecule has 1 aliphatic heterocycles. The number of aryl methyl sites for hydroxylation is 2. The number of aromatic nitrogens is 2. The Labute approximate surface area is 160 Å². The van der Waals surface area contributed by atoms with E-state index >= 15 is 0 Å². The van der Waals surface area contributed by atoms with E-state index in [0.717, 1.165) is 30.7 Å². The normalized spacial score (nSPS) is 13.0. The second-order valence-corrected chi connectivity index (χ2v) is 6.31. The summed E-state index contributed by atoms with van der Waals surface area (Å²) < 4.78 is 2.12. The van der Waals surface area contributed by atoms with Crippen molar-refractivity contribution < 1.29 is 9.90 Å². The molecule has 138 valence electrons. The van der Waals surface area contributed by atoms with Crippen LogP contribution in [0.4, 0.5) is 0 Å². The first kappa shape index (κ1) is 21.5. The predicted molar refractivity (Wildman–Crippen MR) is 103 cm³/mol. The van der Waals surface area contributed by atoms with E-state index in [4.69, 9.17) is 5.73 Å². The van der Waals surface area contributed by atoms with Gasteiger partial charge in [-0.1, -0.05) is 17.7 Å². The predicted octanol–water partition coefficient (Wildman–Crippen LogP) is 3.11. The Morgan fingerprint density at radius 1 is 1.36 bits per heavy atom. The molecule has 2 aromatic rings. The third kappa shape index (κ3) is 4.54. The first-order chi connectivity index (χ1) is 11.1. The molecule has 3 rings (SSSR count). The smallest absolute Gasteiger partial charge is 0.306 e. The van der Waals surface area contributed by atoms with Crippen LogP contribution in [0, 0.1) is 12.8 Å². The molecule has 1 aromatic carbocycles. The van der Waals surface area contributed by atoms with Crippen LogP contribution in [-0.2, 0) is 24.1 Å². The lowest BCUT2D eigenvalue weighted by Gasteiger charge is -2.21. The van der Waals surface area contributed by atoms with Crippen molar-refractivity contribution in [3.05, 3.63) is 47.0 Å². The molecule has 0 bridgehead atoms. The number of carbonyl (C=O) groups is 1. The van der Waals surface area contributed by atoms with Gasteiger partial charge >= 0.3 is 5.97 Å². The number of nitrogens with two attached hydrogens (primary N) is 1. The summed E-state index contributed by atoms with van der Waals surface area (Å²) in [5.41, 5.74) is 11.4. The van der Waals surface area contributed by atoms with Crippen molar-refractivity contribution in [2.75, 3.05) is 6.54 Å². The highest BCUT2D eigenvalue weighted by atomic mass is 35.5. The molecule has 0 spiro atoms. The number of hydrogen-bond donors (Lipinski definition) is 2. The fraction of sp³-hybridized carbons (Fsp3) is 0.444. The summed E-state index contributed by atoms with van der Waals surface area (Å²) in [6.07, 6.45) is 5.55. The summed E-state index contributed by atoms with van der Waals surface area (Å²) in [5, 5.41) is 9.42. The standard InChI is InChI=1S/C18H23N3O2.2ClH/c1-12-4-6-16-13(9-12)5-7-17-15(20-11-21(16)17)10-14(18(22)23)3-2-8-19;;/h4,6,9,11,14H,2-3,5,7-8,10,19H2,1H3,(H,22,23);2*1H. The summed E-state index contributed by atoms with van der Waals surface area (Å²) in [5.74, 6) is -1.16. The first-order valence-electron chi connectivity index (χ1n) is 8.18. The van der Waals surface area contributed by atoms with E-state index < -0.39 is 11.9 Å². The van der Waals surface area contributed by atoms with E-state index in [9.17, 15) is 9.90 Å². The van der Waals surface area contributed by atoms with Gasteiger partial charge in [-0.15, -0.1) is 24.8 Å². The van der Waals surface area contributed by atoms with Crippen LogP contribution < -0.4 is 5.73 Å². The maximum Gasteiger partial charge on any atom is 0.306 e. The zero-order valence-electron chi connectivity index (χ0n) is 14.3. The third-order valence-corrected chi connectivity index (χ3v) is 4.62. The highest BCUT2D eigenvalue weighted by molar-refractivity contribution is 5.85. The number of carboxylic acids is 1. The van der Waals surface area contributed by atoms with Crippen LogP contribution >= 0.6 is 24.8 Å². The number of hydrogen-bond acceptors (Lipinski definition) is 3. The van der Waals surface area contributed by atoms with Crippen LogP contribution in [0.15, 0.2) is 24.5 Å². The number of halogens is 2. The number of fused-ring (bicyclic) bond motifs is 3. The number of rotatable bonds is 6. The minimum absolute atomic E-state index is 0. The van der Waals surface area contributed by atoms with Crippen LogP contribution in [-0.4, -0.2) is 27.2 Å². The van der Waals surface area contributed by atoms with Gasteiger partial charge < -0.3 is 15.4 Å². The maximum absolute atomic E-state index is 11.5. The van der Waals surface area contributed by atoms with Crippen molar-refractivity contribution in [3.8, 4) is 5.69 Å². The van der Waals surface area contributed by atoms with Gasteiger partial charge in [-0.25, -0.2) is 4.98 Å². The SMILES string of the molecule is Cc1ccc2c(c1)CCc1c(CC(CCCN)C(=O)O)ncn1-2.Cl.Cl. The van der Waals surface area contributed by atoms with Crippen molar-refractivity contribution in [2.45, 2.75) is 39.0 Å². The molecular formula is C18H25Cl2N3O2. The number of benzene rings is 1. The van der Waals surface area contributed by atoms with E-state index in [2.05, 4.69) is 34.7 Å². The highest BCUT2D eigenvalue weighted by Crippen LogP contribution is 2.28. The largest absolute Gasteiger partial charge is 0.481 e. The molecule has 0 fully saturated rings. The van der Waals surface area contributed by atoms with E-state index in [-0.39, 0.29) is 24.8 Å². The molecule has 1 aromatic heterocycles. The lowest BCUT2D eigenvalue weighted by molar-refractivity contribution is -0.142. The van der Waals surface area contributed by atoms with E-state index in [1.54, 1.807) is 0 Å². The Hall–Kier alpha value is -1.56. The van der Waals surface area contributed by atoms with Gasteiger partial charge in [-0.05, 0) is 50.8 Å². The quantitative estimate of drug-likeness (QED) is 0.800. The summed E-state index contributed by atoms with van der Waals surface area (Å²) in [4.78, 5) is 16.0. The van der Waals surface area contributed by atoms with Crippen molar-refractivity contribution in [1.29, 1.82) is 0 Å². The third-order valence-electron chi connectivity index (χ3n) is 4.62. The van der Waals surface area contributed by atoms with Crippen molar-refractivity contribution >= 4 is 30.8 Å². The van der Waals surface area contributed by atoms with Gasteiger partial charge in [0.25, 0.3) is 0 Å². The molecule has 5 nitrogen and oxygen atoms in total. The van der Waals surface area contributed by atoms with Crippen LogP contribution in [0.25, 0.3) is 5.69 Å². The number of carboxylic acid groups (broad SMARTS) is 1. The molecule has 25 heavy (non-hydrogen) atoms. The van der Waals surface area contributed by atoms with Gasteiger partial charge in [0.15, 0.2) is 0 Å². The van der Waals surface area contributed by atoms with Gasteiger partial charge in [0, 0.05) is 17.8 Å². The molecule has 1 atom stereocenters. The topological polar surface area (TPSA) is 81.1 Å². The summed E-state index contributed by atoms with van der Waals surface area (Å²) in [7, 11) is 0. The molecule has 0 amide bonds. The minimum atomic E-state index is -0.757. The molecule has 2 heterocycles. The second kappa shape index (κ2) is 9.22. The van der Waals surface area contributed by atoms with Gasteiger partial charge in [-0.2, -0.15) is 0 Å². The van der Waals surface area contributed by atoms with Crippen molar-refractivity contribution in [2.24, 2.45) is 11.7 Å². The first-order valence-corrected chi connectivity index (χ1v) is 8.18. The minimum Gasteiger partial charge on any atom is -0.481 e. The molecule has 0 aliphatic carbocycles. The van der Waals surface area contributed by atoms with Crippen LogP contribution in [0.1, 0.15) is 35.4 Å². The van der Waals surface area contributed by atoms with E-state index in [1.165, 1.54) is 16.8 Å². The Morgan fingerprint density at radius 3 is 2.80 bits per heavy atom. The number of nitrogens with zero attached hydrogens (tertiary/aromatic N) is 2. The molecule has 3 N–H and O–H groups in total. The fourth-order valence-corrected chi connectivity index (χ4v) is 3.37. The number of imidazole rings is 1. The van der Waals surface area contributed by atoms with Crippen LogP contribution in [0.2, 0.25) is 0 Å². The molecule has 1 unspecified atom stereocenters. The number of aliphatic carboxylic acids is 1. The monoisotopic (exact) mass is 385 g/mol. The summed E-state index contributed by atoms with van der Waals surface area (Å²) >= 11 is 0. The zero-order valence-corrected chi connectivity index (χ0v) is 15.9. The maximum atomic E-state index is 11.5. The van der Waals surface area contributed by atoms with Gasteiger partial charge in [0.2, 0.25) is 0 Å². The summed E-state index contributed by atoms with van der Waals surface area (Å²) in [6.45, 7) is 2.63.